The fourth-order valence-electron chi connectivity index (χ4n) is 3.04. The predicted octanol–water partition coefficient (Wildman–Crippen LogP) is 0.00430. The maximum Gasteiger partial charge on any atom is 0.216 e. The van der Waals surface area contributed by atoms with Crippen LogP contribution in [0, 0.1) is 0 Å². The minimum Gasteiger partial charge on any atom is -0.383 e. The topological polar surface area (TPSA) is 72.0 Å². The number of methoxy groups -OCH3 is 1. The van der Waals surface area contributed by atoms with Crippen LogP contribution in [0.1, 0.15) is 5.01 Å². The monoisotopic (exact) mass is 347 g/mol. The van der Waals surface area contributed by atoms with Crippen molar-refractivity contribution >= 4 is 21.4 Å². The molecule has 124 valence electrons. The lowest BCUT2D eigenvalue weighted by Gasteiger charge is -2.27. The van der Waals surface area contributed by atoms with Gasteiger partial charge in [-0.25, -0.2) is 13.4 Å². The van der Waals surface area contributed by atoms with Gasteiger partial charge in [0.25, 0.3) is 0 Å². The predicted molar refractivity (Wildman–Crippen MR) is 83.3 cm³/mol. The summed E-state index contributed by atoms with van der Waals surface area (Å²) in [5.74, 6) is 0.0518. The first-order valence-corrected chi connectivity index (χ1v) is 9.80. The van der Waals surface area contributed by atoms with Crippen LogP contribution in [-0.4, -0.2) is 80.5 Å². The largest absolute Gasteiger partial charge is 0.383 e. The zero-order chi connectivity index (χ0) is 15.6. The SMILES string of the molecule is COCCN1[C@@H]2CN(Cc3nccs3)C[C@@H]2OCCS1(=O)=O. The molecule has 2 atom stereocenters. The van der Waals surface area contributed by atoms with Gasteiger partial charge in [0.1, 0.15) is 5.01 Å². The molecule has 2 saturated heterocycles. The van der Waals surface area contributed by atoms with Crippen LogP contribution in [0.15, 0.2) is 11.6 Å². The summed E-state index contributed by atoms with van der Waals surface area (Å²) in [4.78, 5) is 6.51. The molecular weight excluding hydrogens is 326 g/mol. The Hall–Kier alpha value is -0.580. The summed E-state index contributed by atoms with van der Waals surface area (Å²) < 4.78 is 37.3. The van der Waals surface area contributed by atoms with E-state index < -0.39 is 10.0 Å². The highest BCUT2D eigenvalue weighted by molar-refractivity contribution is 7.89. The maximum atomic E-state index is 12.4. The van der Waals surface area contributed by atoms with Gasteiger partial charge in [-0.1, -0.05) is 0 Å². The number of ether oxygens (including phenoxy) is 2. The molecule has 2 fully saturated rings. The zero-order valence-electron chi connectivity index (χ0n) is 12.6. The van der Waals surface area contributed by atoms with Gasteiger partial charge in [0.15, 0.2) is 0 Å². The Balaban J connectivity index is 1.74. The van der Waals surface area contributed by atoms with Gasteiger partial charge < -0.3 is 9.47 Å². The number of sulfonamides is 1. The molecule has 7 nitrogen and oxygen atoms in total. The Bertz CT molecular complexity index is 578. The van der Waals surface area contributed by atoms with E-state index in [2.05, 4.69) is 9.88 Å². The number of nitrogens with zero attached hydrogens (tertiary/aromatic N) is 3. The van der Waals surface area contributed by atoms with Crippen LogP contribution in [-0.2, 0) is 26.0 Å². The van der Waals surface area contributed by atoms with Gasteiger partial charge in [-0.3, -0.25) is 4.90 Å². The minimum atomic E-state index is -3.28. The van der Waals surface area contributed by atoms with E-state index in [0.29, 0.717) is 19.7 Å². The third kappa shape index (κ3) is 3.50. The fraction of sp³-hybridized carbons (Fsp3) is 0.769. The molecule has 0 saturated carbocycles. The highest BCUT2D eigenvalue weighted by atomic mass is 32.2. The van der Waals surface area contributed by atoms with Crippen molar-refractivity contribution in [3.05, 3.63) is 16.6 Å². The first-order valence-electron chi connectivity index (χ1n) is 7.31. The minimum absolute atomic E-state index is 0.0518. The standard InChI is InChI=1S/C13H21N3O4S2/c1-19-4-3-16-11-8-15(10-13-14-2-6-21-13)9-12(11)20-5-7-22(16,17)18/h2,6,11-12H,3-5,7-10H2,1H3/t11-,12+/m1/s1. The van der Waals surface area contributed by atoms with Crippen LogP contribution >= 0.6 is 11.3 Å². The molecule has 3 heterocycles. The van der Waals surface area contributed by atoms with E-state index in [1.807, 2.05) is 5.38 Å². The van der Waals surface area contributed by atoms with Crippen LogP contribution < -0.4 is 0 Å². The van der Waals surface area contributed by atoms with Crippen molar-refractivity contribution in [2.45, 2.75) is 18.7 Å². The molecule has 2 aliphatic rings. The van der Waals surface area contributed by atoms with E-state index in [1.54, 1.807) is 28.9 Å². The van der Waals surface area contributed by atoms with Crippen molar-refractivity contribution in [3.63, 3.8) is 0 Å². The first-order chi connectivity index (χ1) is 10.6. The smallest absolute Gasteiger partial charge is 0.216 e. The molecule has 0 N–H and O–H groups in total. The van der Waals surface area contributed by atoms with Gasteiger partial charge >= 0.3 is 0 Å². The summed E-state index contributed by atoms with van der Waals surface area (Å²) >= 11 is 1.62. The molecule has 9 heteroatoms. The van der Waals surface area contributed by atoms with E-state index in [4.69, 9.17) is 9.47 Å². The second kappa shape index (κ2) is 6.90. The van der Waals surface area contributed by atoms with Gasteiger partial charge in [0.2, 0.25) is 10.0 Å². The Morgan fingerprint density at radius 1 is 1.50 bits per heavy atom. The van der Waals surface area contributed by atoms with Crippen molar-refractivity contribution in [1.29, 1.82) is 0 Å². The second-order valence-electron chi connectivity index (χ2n) is 5.52. The lowest BCUT2D eigenvalue weighted by atomic mass is 10.2. The fourth-order valence-corrected chi connectivity index (χ4v) is 5.21. The van der Waals surface area contributed by atoms with Gasteiger partial charge in [-0.15, -0.1) is 11.3 Å². The molecular formula is C13H21N3O4S2. The number of aromatic nitrogens is 1. The molecule has 0 aliphatic carbocycles. The van der Waals surface area contributed by atoms with Crippen LogP contribution in [0.25, 0.3) is 0 Å². The van der Waals surface area contributed by atoms with Crippen molar-refractivity contribution in [1.82, 2.24) is 14.2 Å². The molecule has 22 heavy (non-hydrogen) atoms. The van der Waals surface area contributed by atoms with E-state index in [9.17, 15) is 8.42 Å². The van der Waals surface area contributed by atoms with Crippen molar-refractivity contribution in [2.24, 2.45) is 0 Å². The van der Waals surface area contributed by atoms with E-state index in [-0.39, 0.29) is 24.5 Å². The maximum absolute atomic E-state index is 12.4. The van der Waals surface area contributed by atoms with Crippen molar-refractivity contribution < 1.29 is 17.9 Å². The number of likely N-dealkylation sites (tertiary alicyclic amines) is 1. The third-order valence-corrected chi connectivity index (χ3v) is 6.69. The molecule has 0 amide bonds. The summed E-state index contributed by atoms with van der Waals surface area (Å²) in [5.41, 5.74) is 0. The van der Waals surface area contributed by atoms with Crippen LogP contribution in [0.3, 0.4) is 0 Å². The highest BCUT2D eigenvalue weighted by Gasteiger charge is 2.44. The Kier molecular flexibility index (Phi) is 5.10. The number of rotatable bonds is 5. The summed E-state index contributed by atoms with van der Waals surface area (Å²) in [6.07, 6.45) is 1.72. The average molecular weight is 347 g/mol. The van der Waals surface area contributed by atoms with Crippen LogP contribution in [0.5, 0.6) is 0 Å². The number of thiazole rings is 1. The van der Waals surface area contributed by atoms with Crippen molar-refractivity contribution in [3.8, 4) is 0 Å². The molecule has 3 rings (SSSR count). The number of hydrogen-bond donors (Lipinski definition) is 0. The summed E-state index contributed by atoms with van der Waals surface area (Å²) in [6, 6.07) is -0.136. The molecule has 0 bridgehead atoms. The molecule has 1 aromatic rings. The summed E-state index contributed by atoms with van der Waals surface area (Å²) in [6.45, 7) is 3.20. The third-order valence-electron chi connectivity index (χ3n) is 4.07. The van der Waals surface area contributed by atoms with E-state index >= 15 is 0 Å². The van der Waals surface area contributed by atoms with Crippen molar-refractivity contribution in [2.75, 3.05) is 45.7 Å². The number of hydrogen-bond acceptors (Lipinski definition) is 7. The Morgan fingerprint density at radius 3 is 3.09 bits per heavy atom. The highest BCUT2D eigenvalue weighted by Crippen LogP contribution is 2.26. The van der Waals surface area contributed by atoms with E-state index in [1.165, 1.54) is 0 Å². The molecule has 0 aromatic carbocycles. The first kappa shape index (κ1) is 16.3. The molecule has 0 radical (unpaired) electrons. The Labute approximate surface area is 134 Å². The average Bonchev–Trinajstić information content (AvgIpc) is 3.08. The van der Waals surface area contributed by atoms with Gasteiger partial charge in [-0.2, -0.15) is 4.31 Å². The van der Waals surface area contributed by atoms with Crippen LogP contribution in [0.4, 0.5) is 0 Å². The van der Waals surface area contributed by atoms with Gasteiger partial charge in [-0.05, 0) is 0 Å². The zero-order valence-corrected chi connectivity index (χ0v) is 14.2. The normalized spacial score (nSPS) is 29.3. The molecule has 0 unspecified atom stereocenters. The van der Waals surface area contributed by atoms with Crippen LogP contribution in [0.2, 0.25) is 0 Å². The quantitative estimate of drug-likeness (QED) is 0.747. The summed E-state index contributed by atoms with van der Waals surface area (Å²) in [7, 11) is -1.70. The molecule has 0 spiro atoms. The number of fused-ring (bicyclic) bond motifs is 1. The molecule has 2 aliphatic heterocycles. The molecule has 1 aromatic heterocycles. The van der Waals surface area contributed by atoms with Gasteiger partial charge in [0.05, 0.1) is 37.7 Å². The lowest BCUT2D eigenvalue weighted by Crippen LogP contribution is -2.47. The second-order valence-corrected chi connectivity index (χ2v) is 8.54. The Morgan fingerprint density at radius 2 is 2.36 bits per heavy atom. The summed E-state index contributed by atoms with van der Waals surface area (Å²) in [5, 5.41) is 3.00. The lowest BCUT2D eigenvalue weighted by molar-refractivity contribution is 0.0431. The van der Waals surface area contributed by atoms with E-state index in [0.717, 1.165) is 18.1 Å². The van der Waals surface area contributed by atoms with Gasteiger partial charge in [0, 0.05) is 38.3 Å².